The van der Waals surface area contributed by atoms with Crippen LogP contribution in [-0.4, -0.2) is 72.6 Å². The second-order valence-corrected chi connectivity index (χ2v) is 6.73. The standard InChI is InChI=1S/C20H27FN6O2/c1-2-22-20(24-9-8-23-19(28)17-5-3-4-6-18(17)21)27-12-10-26(11-13-27)15-16-7-14-29-25-16/h3-7,14H,2,8-13,15H2,1H3,(H,22,24)(H,23,28). The maximum Gasteiger partial charge on any atom is 0.254 e. The van der Waals surface area contributed by atoms with E-state index in [1.165, 1.54) is 12.1 Å². The molecule has 1 aliphatic rings. The normalized spacial score (nSPS) is 15.4. The van der Waals surface area contributed by atoms with E-state index in [9.17, 15) is 9.18 Å². The molecule has 0 radical (unpaired) electrons. The first-order valence-electron chi connectivity index (χ1n) is 9.85. The van der Waals surface area contributed by atoms with E-state index in [-0.39, 0.29) is 5.56 Å². The lowest BCUT2D eigenvalue weighted by atomic mass is 10.2. The Morgan fingerprint density at radius 3 is 2.69 bits per heavy atom. The number of aromatic nitrogens is 1. The number of piperazine rings is 1. The highest BCUT2D eigenvalue weighted by molar-refractivity contribution is 5.94. The number of halogens is 1. The number of aliphatic imine (C=N–C) groups is 1. The second kappa shape index (κ2) is 10.6. The van der Waals surface area contributed by atoms with E-state index < -0.39 is 11.7 Å². The maximum atomic E-state index is 13.7. The van der Waals surface area contributed by atoms with E-state index in [0.29, 0.717) is 13.1 Å². The molecule has 3 rings (SSSR count). The smallest absolute Gasteiger partial charge is 0.254 e. The minimum atomic E-state index is -0.523. The average Bonchev–Trinajstić information content (AvgIpc) is 3.24. The van der Waals surface area contributed by atoms with Gasteiger partial charge in [-0.1, -0.05) is 17.3 Å². The van der Waals surface area contributed by atoms with Gasteiger partial charge in [0.25, 0.3) is 5.91 Å². The first-order chi connectivity index (χ1) is 14.2. The van der Waals surface area contributed by atoms with Gasteiger partial charge in [-0.15, -0.1) is 0 Å². The zero-order valence-electron chi connectivity index (χ0n) is 16.6. The first-order valence-corrected chi connectivity index (χ1v) is 9.85. The Hall–Kier alpha value is -2.94. The Kier molecular flexibility index (Phi) is 7.57. The van der Waals surface area contributed by atoms with Crippen molar-refractivity contribution in [3.05, 3.63) is 53.7 Å². The summed E-state index contributed by atoms with van der Waals surface area (Å²) in [5.74, 6) is -0.121. The van der Waals surface area contributed by atoms with Gasteiger partial charge >= 0.3 is 0 Å². The Balaban J connectivity index is 1.46. The van der Waals surface area contributed by atoms with Crippen LogP contribution in [0.15, 0.2) is 46.1 Å². The van der Waals surface area contributed by atoms with Crippen molar-refractivity contribution in [2.24, 2.45) is 4.99 Å². The van der Waals surface area contributed by atoms with Gasteiger partial charge in [0.2, 0.25) is 0 Å². The molecule has 1 amide bonds. The van der Waals surface area contributed by atoms with E-state index >= 15 is 0 Å². The third kappa shape index (κ3) is 6.02. The largest absolute Gasteiger partial charge is 0.364 e. The number of hydrogen-bond acceptors (Lipinski definition) is 5. The molecule has 1 fully saturated rings. The van der Waals surface area contributed by atoms with E-state index in [1.807, 2.05) is 13.0 Å². The van der Waals surface area contributed by atoms with Gasteiger partial charge in [0.05, 0.1) is 17.8 Å². The summed E-state index contributed by atoms with van der Waals surface area (Å²) in [6.07, 6.45) is 1.59. The molecule has 1 aromatic heterocycles. The molecule has 8 nitrogen and oxygen atoms in total. The van der Waals surface area contributed by atoms with Crippen LogP contribution in [0, 0.1) is 5.82 Å². The van der Waals surface area contributed by atoms with E-state index in [4.69, 9.17) is 4.52 Å². The Morgan fingerprint density at radius 2 is 2.00 bits per heavy atom. The molecule has 0 aliphatic carbocycles. The third-order valence-corrected chi connectivity index (χ3v) is 4.66. The fourth-order valence-electron chi connectivity index (χ4n) is 3.16. The molecule has 156 valence electrons. The highest BCUT2D eigenvalue weighted by atomic mass is 19.1. The fraction of sp³-hybridized carbons (Fsp3) is 0.450. The van der Waals surface area contributed by atoms with Gasteiger partial charge in [0.1, 0.15) is 12.1 Å². The number of nitrogens with zero attached hydrogens (tertiary/aromatic N) is 4. The minimum absolute atomic E-state index is 0.0478. The zero-order chi connectivity index (χ0) is 20.5. The molecule has 2 heterocycles. The highest BCUT2D eigenvalue weighted by Gasteiger charge is 2.20. The lowest BCUT2D eigenvalue weighted by molar-refractivity contribution is 0.0950. The summed E-state index contributed by atoms with van der Waals surface area (Å²) in [5, 5.41) is 9.98. The topological polar surface area (TPSA) is 86.0 Å². The van der Waals surface area contributed by atoms with Crippen LogP contribution in [0.2, 0.25) is 0 Å². The third-order valence-electron chi connectivity index (χ3n) is 4.66. The summed E-state index contributed by atoms with van der Waals surface area (Å²) in [4.78, 5) is 21.2. The van der Waals surface area contributed by atoms with Gasteiger partial charge in [0, 0.05) is 51.9 Å². The van der Waals surface area contributed by atoms with Crippen LogP contribution in [-0.2, 0) is 6.54 Å². The number of benzene rings is 1. The average molecular weight is 402 g/mol. The van der Waals surface area contributed by atoms with Crippen LogP contribution in [0.3, 0.4) is 0 Å². The summed E-state index contributed by atoms with van der Waals surface area (Å²) in [5.41, 5.74) is 0.983. The van der Waals surface area contributed by atoms with Crippen LogP contribution in [0.5, 0.6) is 0 Å². The van der Waals surface area contributed by atoms with Gasteiger partial charge in [-0.2, -0.15) is 0 Å². The molecule has 0 atom stereocenters. The molecule has 9 heteroatoms. The van der Waals surface area contributed by atoms with Crippen LogP contribution < -0.4 is 10.6 Å². The van der Waals surface area contributed by atoms with Crippen molar-refractivity contribution >= 4 is 11.9 Å². The molecule has 0 spiro atoms. The predicted octanol–water partition coefficient (Wildman–Crippen LogP) is 1.33. The molecular weight excluding hydrogens is 375 g/mol. The van der Waals surface area contributed by atoms with Gasteiger partial charge < -0.3 is 20.1 Å². The van der Waals surface area contributed by atoms with Crippen molar-refractivity contribution in [1.82, 2.24) is 25.6 Å². The molecular formula is C20H27FN6O2. The molecule has 1 saturated heterocycles. The lowest BCUT2D eigenvalue weighted by Gasteiger charge is -2.36. The van der Waals surface area contributed by atoms with Crippen molar-refractivity contribution in [1.29, 1.82) is 0 Å². The molecule has 0 unspecified atom stereocenters. The number of hydrogen-bond donors (Lipinski definition) is 2. The van der Waals surface area contributed by atoms with Gasteiger partial charge in [-0.25, -0.2) is 4.39 Å². The van der Waals surface area contributed by atoms with E-state index in [1.54, 1.807) is 18.4 Å². The summed E-state index contributed by atoms with van der Waals surface area (Å²) in [6.45, 7) is 7.84. The number of nitrogens with one attached hydrogen (secondary N) is 2. The van der Waals surface area contributed by atoms with Crippen molar-refractivity contribution in [2.75, 3.05) is 45.8 Å². The predicted molar refractivity (Wildman–Crippen MR) is 108 cm³/mol. The van der Waals surface area contributed by atoms with Crippen LogP contribution in [0.25, 0.3) is 0 Å². The summed E-state index contributed by atoms with van der Waals surface area (Å²) >= 11 is 0. The Bertz CT molecular complexity index is 803. The van der Waals surface area contributed by atoms with E-state index in [2.05, 4.69) is 30.6 Å². The second-order valence-electron chi connectivity index (χ2n) is 6.73. The van der Waals surface area contributed by atoms with Crippen molar-refractivity contribution < 1.29 is 13.7 Å². The van der Waals surface area contributed by atoms with Crippen molar-refractivity contribution in [3.8, 4) is 0 Å². The minimum Gasteiger partial charge on any atom is -0.364 e. The Morgan fingerprint density at radius 1 is 1.21 bits per heavy atom. The van der Waals surface area contributed by atoms with Crippen molar-refractivity contribution in [3.63, 3.8) is 0 Å². The van der Waals surface area contributed by atoms with Crippen LogP contribution >= 0.6 is 0 Å². The number of amides is 1. The summed E-state index contributed by atoms with van der Waals surface area (Å²) < 4.78 is 18.5. The fourth-order valence-corrected chi connectivity index (χ4v) is 3.16. The number of guanidine groups is 1. The molecule has 1 aliphatic heterocycles. The zero-order valence-corrected chi connectivity index (χ0v) is 16.6. The van der Waals surface area contributed by atoms with Gasteiger partial charge in [-0.3, -0.25) is 14.7 Å². The number of carbonyl (C=O) groups is 1. The summed E-state index contributed by atoms with van der Waals surface area (Å²) in [6, 6.07) is 7.83. The molecule has 0 saturated carbocycles. The monoisotopic (exact) mass is 402 g/mol. The van der Waals surface area contributed by atoms with Crippen molar-refractivity contribution in [2.45, 2.75) is 13.5 Å². The molecule has 2 aromatic rings. The number of carbonyl (C=O) groups excluding carboxylic acids is 1. The quantitative estimate of drug-likeness (QED) is 0.413. The molecule has 0 bridgehead atoms. The lowest BCUT2D eigenvalue weighted by Crippen LogP contribution is -2.52. The Labute approximate surface area is 169 Å². The summed E-state index contributed by atoms with van der Waals surface area (Å²) in [7, 11) is 0. The SMILES string of the molecule is CCNC(=NCCNC(=O)c1ccccc1F)N1CCN(Cc2ccon2)CC1. The first kappa shape index (κ1) is 20.8. The van der Waals surface area contributed by atoms with Gasteiger partial charge in [0.15, 0.2) is 5.96 Å². The molecule has 2 N–H and O–H groups in total. The van der Waals surface area contributed by atoms with E-state index in [0.717, 1.165) is 50.9 Å². The van der Waals surface area contributed by atoms with Gasteiger partial charge in [-0.05, 0) is 19.1 Å². The van der Waals surface area contributed by atoms with Crippen LogP contribution in [0.4, 0.5) is 4.39 Å². The maximum absolute atomic E-state index is 13.7. The number of rotatable bonds is 7. The highest BCUT2D eigenvalue weighted by Crippen LogP contribution is 2.08. The van der Waals surface area contributed by atoms with Crippen LogP contribution in [0.1, 0.15) is 23.0 Å². The molecule has 29 heavy (non-hydrogen) atoms. The molecule has 1 aromatic carbocycles.